The first-order chi connectivity index (χ1) is 10.6. The van der Waals surface area contributed by atoms with Gasteiger partial charge in [-0.2, -0.15) is 10.5 Å². The molecule has 0 unspecified atom stereocenters. The Labute approximate surface area is 129 Å². The minimum atomic E-state index is 0.0869. The predicted octanol–water partition coefficient (Wildman–Crippen LogP) is 2.58. The molecule has 22 heavy (non-hydrogen) atoms. The highest BCUT2D eigenvalue weighted by Crippen LogP contribution is 2.42. The highest BCUT2D eigenvalue weighted by molar-refractivity contribution is 7.20. The third kappa shape index (κ3) is 1.89. The van der Waals surface area contributed by atoms with E-state index in [1.165, 1.54) is 12.1 Å². The van der Waals surface area contributed by atoms with Crippen LogP contribution in [0.4, 0.5) is 11.5 Å². The van der Waals surface area contributed by atoms with Gasteiger partial charge in [0.2, 0.25) is 0 Å². The number of rotatable bonds is 1. The zero-order valence-electron chi connectivity index (χ0n) is 11.2. The van der Waals surface area contributed by atoms with Crippen molar-refractivity contribution in [3.05, 3.63) is 34.7 Å². The SMILES string of the molecule is N#Cc1sc2nc(N)c(C#N)c(-c3ccc(O)cc3)c2c1N. The zero-order valence-corrected chi connectivity index (χ0v) is 12.0. The van der Waals surface area contributed by atoms with E-state index in [0.29, 0.717) is 26.2 Å². The van der Waals surface area contributed by atoms with E-state index >= 15 is 0 Å². The number of aromatic hydroxyl groups is 1. The Morgan fingerprint density at radius 3 is 2.36 bits per heavy atom. The molecule has 3 aromatic rings. The van der Waals surface area contributed by atoms with Crippen LogP contribution in [0.1, 0.15) is 10.4 Å². The Hall–Kier alpha value is -3.29. The number of thiophene rings is 1. The molecule has 2 heterocycles. The number of benzene rings is 1. The number of nitrogens with zero attached hydrogens (tertiary/aromatic N) is 3. The summed E-state index contributed by atoms with van der Waals surface area (Å²) < 4.78 is 0. The highest BCUT2D eigenvalue weighted by Gasteiger charge is 2.21. The monoisotopic (exact) mass is 307 g/mol. The minimum Gasteiger partial charge on any atom is -0.508 e. The van der Waals surface area contributed by atoms with E-state index < -0.39 is 0 Å². The van der Waals surface area contributed by atoms with Gasteiger partial charge in [-0.15, -0.1) is 11.3 Å². The maximum Gasteiger partial charge on any atom is 0.143 e. The molecule has 1 aromatic carbocycles. The van der Waals surface area contributed by atoms with Gasteiger partial charge in [-0.1, -0.05) is 12.1 Å². The molecule has 6 nitrogen and oxygen atoms in total. The Balaban J connectivity index is 2.50. The Bertz CT molecular complexity index is 977. The highest BCUT2D eigenvalue weighted by atomic mass is 32.1. The molecule has 0 aliphatic heterocycles. The number of fused-ring (bicyclic) bond motifs is 1. The summed E-state index contributed by atoms with van der Waals surface area (Å²) in [5, 5.41) is 28.5. The normalized spacial score (nSPS) is 10.3. The predicted molar refractivity (Wildman–Crippen MR) is 85.0 cm³/mol. The number of phenolic OH excluding ortho intramolecular Hbond substituents is 1. The van der Waals surface area contributed by atoms with Gasteiger partial charge in [-0.25, -0.2) is 4.98 Å². The second kappa shape index (κ2) is 4.92. The molecule has 0 radical (unpaired) electrons. The number of nitriles is 2. The van der Waals surface area contributed by atoms with E-state index in [-0.39, 0.29) is 22.8 Å². The summed E-state index contributed by atoms with van der Waals surface area (Å²) in [7, 11) is 0. The van der Waals surface area contributed by atoms with Crippen LogP contribution in [0.5, 0.6) is 5.75 Å². The van der Waals surface area contributed by atoms with Crippen molar-refractivity contribution in [2.75, 3.05) is 11.5 Å². The average molecular weight is 307 g/mol. The van der Waals surface area contributed by atoms with Crippen molar-refractivity contribution in [2.45, 2.75) is 0 Å². The number of hydrogen-bond donors (Lipinski definition) is 3. The van der Waals surface area contributed by atoms with Gasteiger partial charge in [0.15, 0.2) is 0 Å². The number of aromatic nitrogens is 1. The van der Waals surface area contributed by atoms with E-state index in [2.05, 4.69) is 4.98 Å². The van der Waals surface area contributed by atoms with Crippen LogP contribution in [0, 0.1) is 22.7 Å². The van der Waals surface area contributed by atoms with Gasteiger partial charge in [0.25, 0.3) is 0 Å². The van der Waals surface area contributed by atoms with E-state index in [9.17, 15) is 10.4 Å². The molecule has 0 aliphatic carbocycles. The molecule has 106 valence electrons. The lowest BCUT2D eigenvalue weighted by molar-refractivity contribution is 0.475. The first-order valence-corrected chi connectivity index (χ1v) is 6.99. The van der Waals surface area contributed by atoms with E-state index in [1.54, 1.807) is 12.1 Å². The molecule has 0 amide bonds. The number of pyridine rings is 1. The second-order valence-corrected chi connectivity index (χ2v) is 5.54. The first-order valence-electron chi connectivity index (χ1n) is 6.17. The van der Waals surface area contributed by atoms with Gasteiger partial charge in [0, 0.05) is 10.9 Å². The van der Waals surface area contributed by atoms with Crippen molar-refractivity contribution in [1.82, 2.24) is 4.98 Å². The first kappa shape index (κ1) is 13.7. The summed E-state index contributed by atoms with van der Waals surface area (Å²) in [6.07, 6.45) is 0. The Morgan fingerprint density at radius 1 is 1.09 bits per heavy atom. The third-order valence-electron chi connectivity index (χ3n) is 3.27. The summed E-state index contributed by atoms with van der Waals surface area (Å²) in [5.41, 5.74) is 13.6. The molecule has 0 saturated heterocycles. The van der Waals surface area contributed by atoms with Crippen LogP contribution in [0.25, 0.3) is 21.3 Å². The number of hydrogen-bond acceptors (Lipinski definition) is 7. The molecule has 0 fully saturated rings. The summed E-state index contributed by atoms with van der Waals surface area (Å²) in [6.45, 7) is 0. The largest absolute Gasteiger partial charge is 0.508 e. The van der Waals surface area contributed by atoms with Crippen LogP contribution in [-0.4, -0.2) is 10.1 Å². The maximum absolute atomic E-state index is 9.43. The molecule has 0 atom stereocenters. The van der Waals surface area contributed by atoms with Gasteiger partial charge < -0.3 is 16.6 Å². The van der Waals surface area contributed by atoms with Crippen LogP contribution < -0.4 is 11.5 Å². The van der Waals surface area contributed by atoms with Crippen molar-refractivity contribution >= 4 is 33.1 Å². The van der Waals surface area contributed by atoms with Crippen LogP contribution >= 0.6 is 11.3 Å². The standard InChI is InChI=1S/C15H9N5OS/c16-5-9-11(7-1-3-8(21)4-2-7)12-13(18)10(6-17)22-15(12)20-14(9)19/h1-4,21H,18H2,(H2,19,20). The van der Waals surface area contributed by atoms with Crippen molar-refractivity contribution in [3.8, 4) is 29.0 Å². The van der Waals surface area contributed by atoms with Gasteiger partial charge >= 0.3 is 0 Å². The smallest absolute Gasteiger partial charge is 0.143 e. The summed E-state index contributed by atoms with van der Waals surface area (Å²) in [4.78, 5) is 5.01. The van der Waals surface area contributed by atoms with Crippen LogP contribution in [-0.2, 0) is 0 Å². The van der Waals surface area contributed by atoms with Gasteiger partial charge in [0.05, 0.1) is 5.69 Å². The van der Waals surface area contributed by atoms with E-state index in [1.807, 2.05) is 12.1 Å². The molecule has 0 saturated carbocycles. The quantitative estimate of drug-likeness (QED) is 0.632. The molecular weight excluding hydrogens is 298 g/mol. The van der Waals surface area contributed by atoms with Crippen LogP contribution in [0.15, 0.2) is 24.3 Å². The topological polar surface area (TPSA) is 133 Å². The van der Waals surface area contributed by atoms with Gasteiger partial charge in [-0.05, 0) is 17.7 Å². The Kier molecular flexibility index (Phi) is 3.06. The number of nitrogen functional groups attached to an aromatic ring is 2. The molecular formula is C15H9N5OS. The van der Waals surface area contributed by atoms with Crippen molar-refractivity contribution in [2.24, 2.45) is 0 Å². The fourth-order valence-corrected chi connectivity index (χ4v) is 3.19. The molecule has 0 aliphatic rings. The van der Waals surface area contributed by atoms with Crippen LogP contribution in [0.3, 0.4) is 0 Å². The van der Waals surface area contributed by atoms with Gasteiger partial charge in [-0.3, -0.25) is 0 Å². The maximum atomic E-state index is 9.43. The number of phenols is 1. The van der Waals surface area contributed by atoms with Crippen LogP contribution in [0.2, 0.25) is 0 Å². The van der Waals surface area contributed by atoms with Crippen molar-refractivity contribution in [1.29, 1.82) is 10.5 Å². The third-order valence-corrected chi connectivity index (χ3v) is 4.28. The fraction of sp³-hybridized carbons (Fsp3) is 0. The minimum absolute atomic E-state index is 0.0869. The molecule has 3 rings (SSSR count). The molecule has 0 bridgehead atoms. The fourth-order valence-electron chi connectivity index (χ4n) is 2.28. The average Bonchev–Trinajstić information content (AvgIpc) is 2.82. The van der Waals surface area contributed by atoms with E-state index in [4.69, 9.17) is 16.7 Å². The second-order valence-electron chi connectivity index (χ2n) is 4.54. The Morgan fingerprint density at radius 2 is 1.77 bits per heavy atom. The molecule has 5 N–H and O–H groups in total. The summed E-state index contributed by atoms with van der Waals surface area (Å²) in [6, 6.07) is 10.4. The summed E-state index contributed by atoms with van der Waals surface area (Å²) >= 11 is 1.13. The lowest BCUT2D eigenvalue weighted by Gasteiger charge is -2.09. The lowest BCUT2D eigenvalue weighted by Crippen LogP contribution is -1.99. The number of anilines is 2. The van der Waals surface area contributed by atoms with Crippen molar-refractivity contribution in [3.63, 3.8) is 0 Å². The lowest BCUT2D eigenvalue weighted by atomic mass is 9.97. The zero-order chi connectivity index (χ0) is 15.9. The van der Waals surface area contributed by atoms with Crippen molar-refractivity contribution < 1.29 is 5.11 Å². The number of nitrogens with two attached hydrogens (primary N) is 2. The summed E-state index contributed by atoms with van der Waals surface area (Å²) in [5.74, 6) is 0.195. The van der Waals surface area contributed by atoms with E-state index in [0.717, 1.165) is 11.3 Å². The molecule has 0 spiro atoms. The molecule has 2 aromatic heterocycles. The van der Waals surface area contributed by atoms with Gasteiger partial charge in [0.1, 0.15) is 39.0 Å². The molecule has 7 heteroatoms.